The van der Waals surface area contributed by atoms with Crippen LogP contribution in [0.15, 0.2) is 0 Å². The lowest BCUT2D eigenvalue weighted by Crippen LogP contribution is -2.30. The van der Waals surface area contributed by atoms with Crippen molar-refractivity contribution in [2.75, 3.05) is 39.6 Å². The number of carbonyl (C=O) groups excluding carboxylic acids is 4. The summed E-state index contributed by atoms with van der Waals surface area (Å²) in [7, 11) is -9.90. The lowest BCUT2D eigenvalue weighted by atomic mass is 10.0. The van der Waals surface area contributed by atoms with Gasteiger partial charge in [-0.25, -0.2) is 9.13 Å². The number of aliphatic hydroxyl groups excluding tert-OH is 1. The molecule has 0 aliphatic heterocycles. The van der Waals surface area contributed by atoms with Crippen LogP contribution in [0.2, 0.25) is 0 Å². The van der Waals surface area contributed by atoms with Gasteiger partial charge in [-0.05, 0) is 49.4 Å². The Morgan fingerprint density at radius 3 is 0.721 bits per heavy atom. The molecule has 3 unspecified atom stereocenters. The molecule has 86 heavy (non-hydrogen) atoms. The Balaban J connectivity index is 5.25. The summed E-state index contributed by atoms with van der Waals surface area (Å²) in [6.07, 6.45) is 37.7. The van der Waals surface area contributed by atoms with E-state index in [9.17, 15) is 43.2 Å². The van der Waals surface area contributed by atoms with Gasteiger partial charge in [0.15, 0.2) is 12.2 Å². The van der Waals surface area contributed by atoms with Gasteiger partial charge < -0.3 is 33.8 Å². The summed E-state index contributed by atoms with van der Waals surface area (Å²) in [6, 6.07) is 0. The van der Waals surface area contributed by atoms with Crippen molar-refractivity contribution in [3.63, 3.8) is 0 Å². The second kappa shape index (κ2) is 57.0. The van der Waals surface area contributed by atoms with Crippen LogP contribution in [0.4, 0.5) is 0 Å². The summed E-state index contributed by atoms with van der Waals surface area (Å²) in [5.41, 5.74) is 0. The number of phosphoric acid groups is 2. The molecule has 0 saturated heterocycles. The van der Waals surface area contributed by atoms with Gasteiger partial charge in [-0.3, -0.25) is 37.3 Å². The fourth-order valence-corrected chi connectivity index (χ4v) is 11.5. The van der Waals surface area contributed by atoms with E-state index in [0.29, 0.717) is 37.5 Å². The molecule has 0 aliphatic rings. The zero-order valence-corrected chi connectivity index (χ0v) is 57.7. The van der Waals surface area contributed by atoms with Gasteiger partial charge in [-0.15, -0.1) is 0 Å². The molecule has 0 bridgehead atoms. The highest BCUT2D eigenvalue weighted by atomic mass is 31.2. The van der Waals surface area contributed by atoms with Gasteiger partial charge in [-0.2, -0.15) is 0 Å². The van der Waals surface area contributed by atoms with Gasteiger partial charge >= 0.3 is 39.5 Å². The van der Waals surface area contributed by atoms with Crippen LogP contribution in [0.25, 0.3) is 0 Å². The standard InChI is InChI=1S/C67H130O17P2/c1-57(2)43-35-27-19-13-10-9-11-15-24-33-41-49-66(71)83-62(54-78-65(70)48-40-32-25-17-21-29-37-45-59(5)6)55-81-85(73,74)79-51-61(68)52-80-86(75,76)82-56-63(84-67(72)50-42-34-26-18-22-30-38-46-60(7)8)53-77-64(69)47-39-31-23-16-12-14-20-28-36-44-58(3)4/h57-63,68H,9-56H2,1-8H3,(H,73,74)(H,75,76)/t61?,62-,63-/m1/s1. The van der Waals surface area contributed by atoms with Gasteiger partial charge in [0, 0.05) is 25.7 Å². The fourth-order valence-electron chi connectivity index (χ4n) is 9.96. The topological polar surface area (TPSA) is 237 Å². The highest BCUT2D eigenvalue weighted by molar-refractivity contribution is 7.47. The van der Waals surface area contributed by atoms with Gasteiger partial charge in [0.1, 0.15) is 19.3 Å². The van der Waals surface area contributed by atoms with Crippen LogP contribution in [-0.4, -0.2) is 96.7 Å². The van der Waals surface area contributed by atoms with Crippen LogP contribution >= 0.6 is 15.6 Å². The molecular formula is C67H130O17P2. The zero-order chi connectivity index (χ0) is 63.9. The monoisotopic (exact) mass is 1270 g/mol. The second-order valence-electron chi connectivity index (χ2n) is 26.1. The van der Waals surface area contributed by atoms with E-state index in [-0.39, 0.29) is 25.7 Å². The Morgan fingerprint density at radius 1 is 0.291 bits per heavy atom. The molecule has 0 amide bonds. The average molecular weight is 1270 g/mol. The molecule has 0 aromatic carbocycles. The molecule has 5 atom stereocenters. The van der Waals surface area contributed by atoms with Gasteiger partial charge in [0.25, 0.3) is 0 Å². The van der Waals surface area contributed by atoms with Crippen molar-refractivity contribution in [1.82, 2.24) is 0 Å². The predicted molar refractivity (Wildman–Crippen MR) is 344 cm³/mol. The van der Waals surface area contributed by atoms with Crippen LogP contribution in [0.3, 0.4) is 0 Å². The maximum atomic E-state index is 13.0. The van der Waals surface area contributed by atoms with Crippen molar-refractivity contribution in [3.8, 4) is 0 Å². The van der Waals surface area contributed by atoms with Gasteiger partial charge in [-0.1, -0.05) is 274 Å². The average Bonchev–Trinajstić information content (AvgIpc) is 3.54. The van der Waals surface area contributed by atoms with E-state index in [1.807, 2.05) is 0 Å². The third kappa shape index (κ3) is 60.9. The van der Waals surface area contributed by atoms with E-state index in [4.69, 9.17) is 37.0 Å². The minimum atomic E-state index is -4.95. The minimum Gasteiger partial charge on any atom is -0.462 e. The first-order valence-electron chi connectivity index (χ1n) is 34.7. The molecule has 0 aromatic heterocycles. The van der Waals surface area contributed by atoms with E-state index < -0.39 is 97.5 Å². The first-order valence-corrected chi connectivity index (χ1v) is 37.7. The van der Waals surface area contributed by atoms with E-state index >= 15 is 0 Å². The molecule has 0 radical (unpaired) electrons. The Hall–Kier alpha value is -1.94. The summed E-state index contributed by atoms with van der Waals surface area (Å²) in [5, 5.41) is 10.6. The van der Waals surface area contributed by atoms with Crippen molar-refractivity contribution >= 4 is 39.5 Å². The summed E-state index contributed by atoms with van der Waals surface area (Å²) in [4.78, 5) is 72.4. The maximum Gasteiger partial charge on any atom is 0.472 e. The zero-order valence-electron chi connectivity index (χ0n) is 55.9. The van der Waals surface area contributed by atoms with Gasteiger partial charge in [0.2, 0.25) is 0 Å². The normalized spacial score (nSPS) is 14.4. The number of aliphatic hydroxyl groups is 1. The molecule has 17 nitrogen and oxygen atoms in total. The first-order chi connectivity index (χ1) is 41.1. The Kier molecular flexibility index (Phi) is 55.7. The molecule has 3 N–H and O–H groups in total. The number of ether oxygens (including phenoxy) is 4. The fraction of sp³-hybridized carbons (Fsp3) is 0.940. The molecular weight excluding hydrogens is 1140 g/mol. The van der Waals surface area contributed by atoms with Gasteiger partial charge in [0.05, 0.1) is 26.4 Å². The number of phosphoric ester groups is 2. The van der Waals surface area contributed by atoms with E-state index in [2.05, 4.69) is 55.4 Å². The molecule has 0 heterocycles. The third-order valence-corrected chi connectivity index (χ3v) is 17.2. The summed E-state index contributed by atoms with van der Waals surface area (Å²) >= 11 is 0. The quantitative estimate of drug-likeness (QED) is 0.0222. The minimum absolute atomic E-state index is 0.102. The summed E-state index contributed by atoms with van der Waals surface area (Å²) in [6.45, 7) is 14.0. The van der Waals surface area contributed by atoms with Crippen molar-refractivity contribution in [1.29, 1.82) is 0 Å². The lowest BCUT2D eigenvalue weighted by molar-refractivity contribution is -0.161. The maximum absolute atomic E-state index is 13.0. The molecule has 19 heteroatoms. The SMILES string of the molecule is CC(C)CCCCCCCCCCCCCC(=O)O[C@H](COC(=O)CCCCCCCCCC(C)C)COP(=O)(O)OCC(O)COP(=O)(O)OC[C@@H](COC(=O)CCCCCCCCCCCC(C)C)OC(=O)CCCCCCCCCC(C)C. The number of hydrogen-bond donors (Lipinski definition) is 3. The molecule has 0 aromatic rings. The van der Waals surface area contributed by atoms with Crippen LogP contribution in [0.5, 0.6) is 0 Å². The largest absolute Gasteiger partial charge is 0.472 e. The Morgan fingerprint density at radius 2 is 0.488 bits per heavy atom. The van der Waals surface area contributed by atoms with Crippen LogP contribution in [-0.2, 0) is 65.4 Å². The summed E-state index contributed by atoms with van der Waals surface area (Å²) < 4.78 is 68.1. The summed E-state index contributed by atoms with van der Waals surface area (Å²) in [5.74, 6) is 0.774. The Labute approximate surface area is 524 Å². The molecule has 0 saturated carbocycles. The van der Waals surface area contributed by atoms with Crippen molar-refractivity contribution in [3.05, 3.63) is 0 Å². The number of carbonyl (C=O) groups is 4. The van der Waals surface area contributed by atoms with Crippen LogP contribution < -0.4 is 0 Å². The first kappa shape index (κ1) is 84.1. The number of rotatable bonds is 64. The van der Waals surface area contributed by atoms with Crippen molar-refractivity contribution in [2.24, 2.45) is 23.7 Å². The van der Waals surface area contributed by atoms with Crippen molar-refractivity contribution < 1.29 is 80.2 Å². The number of hydrogen-bond acceptors (Lipinski definition) is 15. The number of unbranched alkanes of at least 4 members (excludes halogenated alkanes) is 30. The lowest BCUT2D eigenvalue weighted by Gasteiger charge is -2.21. The Bertz CT molecular complexity index is 1710. The molecule has 0 fully saturated rings. The predicted octanol–water partition coefficient (Wildman–Crippen LogP) is 18.5. The van der Waals surface area contributed by atoms with E-state index in [0.717, 1.165) is 108 Å². The molecule has 0 rings (SSSR count). The van der Waals surface area contributed by atoms with Crippen LogP contribution in [0.1, 0.15) is 325 Å². The number of esters is 4. The van der Waals surface area contributed by atoms with E-state index in [1.54, 1.807) is 0 Å². The smallest absolute Gasteiger partial charge is 0.462 e. The van der Waals surface area contributed by atoms with E-state index in [1.165, 1.54) is 122 Å². The third-order valence-electron chi connectivity index (χ3n) is 15.3. The van der Waals surface area contributed by atoms with Crippen molar-refractivity contribution in [2.45, 2.75) is 343 Å². The molecule has 510 valence electrons. The molecule has 0 spiro atoms. The second-order valence-corrected chi connectivity index (χ2v) is 29.0. The molecule has 0 aliphatic carbocycles. The van der Waals surface area contributed by atoms with Crippen LogP contribution in [0, 0.1) is 23.7 Å². The highest BCUT2D eigenvalue weighted by Crippen LogP contribution is 2.45. The highest BCUT2D eigenvalue weighted by Gasteiger charge is 2.30.